The van der Waals surface area contributed by atoms with Crippen LogP contribution in [-0.2, 0) is 12.4 Å². The molecule has 0 aliphatic carbocycles. The Bertz CT molecular complexity index is 821. The van der Waals surface area contributed by atoms with E-state index in [2.05, 4.69) is 5.32 Å². The molecule has 2 aromatic carbocycles. The third-order valence-electron chi connectivity index (χ3n) is 4.08. The quantitative estimate of drug-likeness (QED) is 0.604. The van der Waals surface area contributed by atoms with Crippen LogP contribution in [0.15, 0.2) is 48.5 Å². The lowest BCUT2D eigenvalue weighted by Crippen LogP contribution is -2.34. The van der Waals surface area contributed by atoms with Gasteiger partial charge in [0.1, 0.15) is 5.37 Å². The third-order valence-corrected chi connectivity index (χ3v) is 5.34. The number of nitrogens with zero attached hydrogens (tertiary/aromatic N) is 1. The van der Waals surface area contributed by atoms with Crippen LogP contribution in [0.5, 0.6) is 0 Å². The Morgan fingerprint density at radius 2 is 1.54 bits per heavy atom. The van der Waals surface area contributed by atoms with Crippen LogP contribution >= 0.6 is 11.8 Å². The van der Waals surface area contributed by atoms with Gasteiger partial charge in [-0.1, -0.05) is 30.3 Å². The summed E-state index contributed by atoms with van der Waals surface area (Å²) >= 11 is 1.46. The van der Waals surface area contributed by atoms with Crippen molar-refractivity contribution in [1.82, 2.24) is 4.90 Å². The minimum atomic E-state index is -4.98. The van der Waals surface area contributed by atoms with Crippen molar-refractivity contribution in [2.24, 2.45) is 0 Å². The van der Waals surface area contributed by atoms with Crippen molar-refractivity contribution in [3.8, 4) is 0 Å². The fourth-order valence-corrected chi connectivity index (χ4v) is 4.05. The molecule has 0 saturated carbocycles. The summed E-state index contributed by atoms with van der Waals surface area (Å²) < 4.78 is 77.8. The van der Waals surface area contributed by atoms with Crippen LogP contribution in [0.25, 0.3) is 0 Å². The van der Waals surface area contributed by atoms with E-state index in [0.717, 1.165) is 5.56 Å². The second kappa shape index (κ2) is 7.57. The van der Waals surface area contributed by atoms with Gasteiger partial charge in [0.05, 0.1) is 11.1 Å². The lowest BCUT2D eigenvalue weighted by molar-refractivity contribution is -0.143. The highest BCUT2D eigenvalue weighted by Crippen LogP contribution is 2.40. The fourth-order valence-electron chi connectivity index (χ4n) is 2.79. The fraction of sp³-hybridized carbons (Fsp3) is 0.278. The molecule has 0 spiro atoms. The summed E-state index contributed by atoms with van der Waals surface area (Å²) in [5.74, 6) is 0.601. The standard InChI is InChI=1S/C18H14F6N2OS/c19-17(20,21)12-8-13(18(22,23)24)10-14(9-12)25-16(27)26-6-7-28-15(26)11-4-2-1-3-5-11/h1-5,8-10,15H,6-7H2,(H,25,27). The summed E-state index contributed by atoms with van der Waals surface area (Å²) in [7, 11) is 0. The van der Waals surface area contributed by atoms with Crippen molar-refractivity contribution in [2.45, 2.75) is 17.7 Å². The van der Waals surface area contributed by atoms with Gasteiger partial charge in [-0.15, -0.1) is 11.8 Å². The Hall–Kier alpha value is -2.36. The molecule has 1 atom stereocenters. The Labute approximate surface area is 160 Å². The number of nitrogens with one attached hydrogen (secondary N) is 1. The summed E-state index contributed by atoms with van der Waals surface area (Å²) in [6.45, 7) is 0.321. The first-order valence-electron chi connectivity index (χ1n) is 8.09. The number of thioether (sulfide) groups is 1. The predicted molar refractivity (Wildman–Crippen MR) is 93.8 cm³/mol. The second-order valence-corrected chi connectivity index (χ2v) is 7.24. The lowest BCUT2D eigenvalue weighted by atomic mass is 10.1. The van der Waals surface area contributed by atoms with E-state index in [-0.39, 0.29) is 11.4 Å². The van der Waals surface area contributed by atoms with Gasteiger partial charge in [-0.05, 0) is 23.8 Å². The number of hydrogen-bond donors (Lipinski definition) is 1. The molecule has 2 aromatic rings. The van der Waals surface area contributed by atoms with Crippen molar-refractivity contribution in [3.63, 3.8) is 0 Å². The number of anilines is 1. The Kier molecular flexibility index (Phi) is 5.51. The van der Waals surface area contributed by atoms with E-state index in [4.69, 9.17) is 0 Å². The van der Waals surface area contributed by atoms with Crippen LogP contribution in [0.3, 0.4) is 0 Å². The molecular weight excluding hydrogens is 406 g/mol. The number of carbonyl (C=O) groups excluding carboxylic acids is 1. The molecule has 1 aliphatic heterocycles. The van der Waals surface area contributed by atoms with Gasteiger partial charge in [0.2, 0.25) is 0 Å². The topological polar surface area (TPSA) is 32.3 Å². The molecule has 1 fully saturated rings. The molecule has 0 bridgehead atoms. The third kappa shape index (κ3) is 4.54. The molecule has 1 heterocycles. The highest BCUT2D eigenvalue weighted by Gasteiger charge is 2.37. The van der Waals surface area contributed by atoms with Crippen LogP contribution in [0.2, 0.25) is 0 Å². The maximum atomic E-state index is 13.0. The molecule has 3 rings (SSSR count). The van der Waals surface area contributed by atoms with Crippen LogP contribution in [0.4, 0.5) is 36.8 Å². The van der Waals surface area contributed by atoms with Gasteiger partial charge >= 0.3 is 18.4 Å². The lowest BCUT2D eigenvalue weighted by Gasteiger charge is -2.25. The van der Waals surface area contributed by atoms with Crippen LogP contribution in [0, 0.1) is 0 Å². The summed E-state index contributed by atoms with van der Waals surface area (Å²) in [5.41, 5.74) is -2.70. The van der Waals surface area contributed by atoms with Crippen LogP contribution in [0.1, 0.15) is 22.1 Å². The number of alkyl halides is 6. The first-order chi connectivity index (χ1) is 13.1. The minimum absolute atomic E-state index is 0.0220. The minimum Gasteiger partial charge on any atom is -0.308 e. The molecule has 3 nitrogen and oxygen atoms in total. The highest BCUT2D eigenvalue weighted by atomic mass is 32.2. The number of hydrogen-bond acceptors (Lipinski definition) is 2. The zero-order chi connectivity index (χ0) is 20.5. The van der Waals surface area contributed by atoms with E-state index in [1.165, 1.54) is 16.7 Å². The van der Waals surface area contributed by atoms with E-state index in [1.807, 2.05) is 0 Å². The Morgan fingerprint density at radius 1 is 0.964 bits per heavy atom. The van der Waals surface area contributed by atoms with Crippen molar-refractivity contribution in [3.05, 3.63) is 65.2 Å². The first kappa shape index (κ1) is 20.4. The van der Waals surface area contributed by atoms with Gasteiger partial charge in [0.15, 0.2) is 0 Å². The maximum Gasteiger partial charge on any atom is 0.416 e. The van der Waals surface area contributed by atoms with Crippen molar-refractivity contribution < 1.29 is 31.1 Å². The zero-order valence-electron chi connectivity index (χ0n) is 14.1. The average Bonchev–Trinajstić information content (AvgIpc) is 3.10. The molecule has 1 unspecified atom stereocenters. The molecule has 0 aromatic heterocycles. The zero-order valence-corrected chi connectivity index (χ0v) is 15.0. The number of urea groups is 1. The number of rotatable bonds is 2. The summed E-state index contributed by atoms with van der Waals surface area (Å²) in [6.07, 6.45) is -9.95. The van der Waals surface area contributed by atoms with Gasteiger partial charge < -0.3 is 10.2 Å². The molecule has 150 valence electrons. The molecule has 1 N–H and O–H groups in total. The second-order valence-electron chi connectivity index (χ2n) is 6.05. The van der Waals surface area contributed by atoms with Gasteiger partial charge in [-0.3, -0.25) is 0 Å². The molecular formula is C18H14F6N2OS. The van der Waals surface area contributed by atoms with Gasteiger partial charge in [0.25, 0.3) is 0 Å². The van der Waals surface area contributed by atoms with Crippen LogP contribution < -0.4 is 5.32 Å². The van der Waals surface area contributed by atoms with E-state index in [9.17, 15) is 31.1 Å². The van der Waals surface area contributed by atoms with Gasteiger partial charge in [0, 0.05) is 18.0 Å². The normalized spacial score (nSPS) is 17.6. The van der Waals surface area contributed by atoms with E-state index < -0.39 is 35.2 Å². The summed E-state index contributed by atoms with van der Waals surface area (Å²) in [6, 6.07) is 9.22. The molecule has 1 aliphatic rings. The summed E-state index contributed by atoms with van der Waals surface area (Å²) in [5, 5.41) is 1.82. The predicted octanol–water partition coefficient (Wildman–Crippen LogP) is 6.00. The smallest absolute Gasteiger partial charge is 0.308 e. The van der Waals surface area contributed by atoms with Crippen molar-refractivity contribution >= 4 is 23.5 Å². The SMILES string of the molecule is O=C(Nc1cc(C(F)(F)F)cc(C(F)(F)F)c1)N1CCSC1c1ccccc1. The number of halogens is 6. The van der Waals surface area contributed by atoms with E-state index in [1.54, 1.807) is 30.3 Å². The number of amides is 2. The Balaban J connectivity index is 1.87. The number of benzene rings is 2. The summed E-state index contributed by atoms with van der Waals surface area (Å²) in [4.78, 5) is 13.9. The largest absolute Gasteiger partial charge is 0.416 e. The average molecular weight is 420 g/mol. The van der Waals surface area contributed by atoms with Crippen molar-refractivity contribution in [1.29, 1.82) is 0 Å². The molecule has 0 radical (unpaired) electrons. The highest BCUT2D eigenvalue weighted by molar-refractivity contribution is 7.99. The number of carbonyl (C=O) groups is 1. The molecule has 1 saturated heterocycles. The monoisotopic (exact) mass is 420 g/mol. The van der Waals surface area contributed by atoms with E-state index >= 15 is 0 Å². The Morgan fingerprint density at radius 3 is 2.07 bits per heavy atom. The van der Waals surface area contributed by atoms with E-state index in [0.29, 0.717) is 24.4 Å². The maximum absolute atomic E-state index is 13.0. The molecule has 2 amide bonds. The molecule has 28 heavy (non-hydrogen) atoms. The molecule has 10 heteroatoms. The first-order valence-corrected chi connectivity index (χ1v) is 9.14. The van der Waals surface area contributed by atoms with Crippen molar-refractivity contribution in [2.75, 3.05) is 17.6 Å². The van der Waals surface area contributed by atoms with Gasteiger partial charge in [-0.2, -0.15) is 26.3 Å². The van der Waals surface area contributed by atoms with Crippen LogP contribution in [-0.4, -0.2) is 23.2 Å². The van der Waals surface area contributed by atoms with Gasteiger partial charge in [-0.25, -0.2) is 4.79 Å².